The summed E-state index contributed by atoms with van der Waals surface area (Å²) in [6.07, 6.45) is 7.61. The fraction of sp³-hybridized carbons (Fsp3) is 1.00. The topological polar surface area (TPSA) is 35.2 Å². The highest BCUT2D eigenvalue weighted by molar-refractivity contribution is 5.98. The highest BCUT2D eigenvalue weighted by Crippen LogP contribution is 2.25. The Balaban J connectivity index is 0. The SMILES string of the molecule is CCCCCC(CC)(CC)O[SiH3].CN. The van der Waals surface area contributed by atoms with Gasteiger partial charge in [-0.15, -0.1) is 0 Å². The van der Waals surface area contributed by atoms with Gasteiger partial charge in [0.15, 0.2) is 0 Å². The van der Waals surface area contributed by atoms with Crippen LogP contribution in [0, 0.1) is 0 Å². The fourth-order valence-corrected chi connectivity index (χ4v) is 2.47. The normalized spacial score (nSPS) is 10.9. The molecule has 0 fully saturated rings. The molecule has 2 N–H and O–H groups in total. The Bertz CT molecular complexity index is 97.2. The first-order valence-electron chi connectivity index (χ1n) is 5.87. The molecule has 0 rings (SSSR count). The Morgan fingerprint density at radius 3 is 1.86 bits per heavy atom. The smallest absolute Gasteiger partial charge is 0.146 e. The molecule has 0 aliphatic rings. The Morgan fingerprint density at radius 1 is 1.07 bits per heavy atom. The van der Waals surface area contributed by atoms with Crippen LogP contribution < -0.4 is 5.73 Å². The second-order valence-corrected chi connectivity index (χ2v) is 3.96. The van der Waals surface area contributed by atoms with Gasteiger partial charge in [-0.05, 0) is 26.3 Å². The average molecular weight is 219 g/mol. The van der Waals surface area contributed by atoms with Crippen molar-refractivity contribution < 1.29 is 4.43 Å². The summed E-state index contributed by atoms with van der Waals surface area (Å²) >= 11 is 0. The molecule has 14 heavy (non-hydrogen) atoms. The molecular weight excluding hydrogens is 190 g/mol. The highest BCUT2D eigenvalue weighted by atomic mass is 28.2. The van der Waals surface area contributed by atoms with Gasteiger partial charge in [-0.3, -0.25) is 0 Å². The maximum absolute atomic E-state index is 5.72. The summed E-state index contributed by atoms with van der Waals surface area (Å²) in [5.74, 6) is 0. The zero-order valence-electron chi connectivity index (χ0n) is 10.7. The predicted molar refractivity (Wildman–Crippen MR) is 68.6 cm³/mol. The van der Waals surface area contributed by atoms with Gasteiger partial charge in [0.05, 0.1) is 5.60 Å². The molecule has 0 heterocycles. The highest BCUT2D eigenvalue weighted by Gasteiger charge is 2.23. The van der Waals surface area contributed by atoms with Gasteiger partial charge in [0.25, 0.3) is 0 Å². The molecular formula is C11H29NOSi. The summed E-state index contributed by atoms with van der Waals surface area (Å²) in [6.45, 7) is 6.74. The van der Waals surface area contributed by atoms with Crippen molar-refractivity contribution in [3.8, 4) is 0 Å². The van der Waals surface area contributed by atoms with Crippen LogP contribution in [0.4, 0.5) is 0 Å². The van der Waals surface area contributed by atoms with E-state index in [0.717, 1.165) is 10.5 Å². The lowest BCUT2D eigenvalue weighted by atomic mass is 9.91. The van der Waals surface area contributed by atoms with Gasteiger partial charge in [-0.1, -0.05) is 40.0 Å². The molecule has 0 saturated carbocycles. The Kier molecular flexibility index (Phi) is 13.3. The van der Waals surface area contributed by atoms with E-state index in [1.54, 1.807) is 0 Å². The standard InChI is InChI=1S/C10H24OSi.CH5N/c1-4-7-8-9-10(5-2,6-3)11-12;1-2/h4-9H2,1-3,12H3;2H2,1H3. The molecule has 2 nitrogen and oxygen atoms in total. The molecule has 0 aromatic rings. The van der Waals surface area contributed by atoms with E-state index in [4.69, 9.17) is 4.43 Å². The number of unbranched alkanes of at least 4 members (excludes halogenated alkanes) is 2. The molecule has 0 saturated heterocycles. The number of hydrogen-bond donors (Lipinski definition) is 1. The third-order valence-electron chi connectivity index (χ3n) is 2.96. The van der Waals surface area contributed by atoms with Gasteiger partial charge in [-0.2, -0.15) is 0 Å². The van der Waals surface area contributed by atoms with Crippen molar-refractivity contribution in [3.05, 3.63) is 0 Å². The van der Waals surface area contributed by atoms with Gasteiger partial charge in [0.2, 0.25) is 0 Å². The van der Waals surface area contributed by atoms with Crippen LogP contribution in [0.2, 0.25) is 0 Å². The predicted octanol–water partition coefficient (Wildman–Crippen LogP) is 2.00. The molecule has 0 aromatic carbocycles. The molecule has 3 heteroatoms. The van der Waals surface area contributed by atoms with Crippen molar-refractivity contribution in [2.75, 3.05) is 7.05 Å². The molecule has 0 atom stereocenters. The van der Waals surface area contributed by atoms with Crippen LogP contribution in [0.5, 0.6) is 0 Å². The number of nitrogens with two attached hydrogens (primary N) is 1. The second-order valence-electron chi connectivity index (χ2n) is 3.55. The zero-order valence-corrected chi connectivity index (χ0v) is 12.7. The van der Waals surface area contributed by atoms with E-state index < -0.39 is 0 Å². The van der Waals surface area contributed by atoms with E-state index >= 15 is 0 Å². The number of hydrogen-bond acceptors (Lipinski definition) is 2. The summed E-state index contributed by atoms with van der Waals surface area (Å²) < 4.78 is 5.72. The van der Waals surface area contributed by atoms with E-state index in [0.29, 0.717) is 0 Å². The average Bonchev–Trinajstić information content (AvgIpc) is 2.28. The lowest BCUT2D eigenvalue weighted by molar-refractivity contribution is 0.0584. The van der Waals surface area contributed by atoms with Gasteiger partial charge in [-0.25, -0.2) is 0 Å². The summed E-state index contributed by atoms with van der Waals surface area (Å²) in [7, 11) is 2.38. The Morgan fingerprint density at radius 2 is 1.57 bits per heavy atom. The van der Waals surface area contributed by atoms with E-state index in [2.05, 4.69) is 26.5 Å². The van der Waals surface area contributed by atoms with E-state index in [-0.39, 0.29) is 5.60 Å². The first-order valence-corrected chi connectivity index (χ1v) is 6.69. The van der Waals surface area contributed by atoms with Crippen molar-refractivity contribution >= 4 is 10.5 Å². The first kappa shape index (κ1) is 16.6. The van der Waals surface area contributed by atoms with E-state index in [9.17, 15) is 0 Å². The van der Waals surface area contributed by atoms with Gasteiger partial charge in [0, 0.05) is 0 Å². The largest absolute Gasteiger partial charge is 0.422 e. The maximum Gasteiger partial charge on any atom is 0.146 e. The van der Waals surface area contributed by atoms with Crippen LogP contribution in [-0.4, -0.2) is 23.1 Å². The van der Waals surface area contributed by atoms with Crippen molar-refractivity contribution in [1.29, 1.82) is 0 Å². The third-order valence-corrected chi connectivity index (χ3v) is 3.82. The van der Waals surface area contributed by atoms with Crippen molar-refractivity contribution in [2.45, 2.75) is 64.9 Å². The lowest BCUT2D eigenvalue weighted by Crippen LogP contribution is -2.30. The summed E-state index contributed by atoms with van der Waals surface area (Å²) in [5.41, 5.74) is 4.74. The van der Waals surface area contributed by atoms with Crippen molar-refractivity contribution in [1.82, 2.24) is 0 Å². The molecule has 0 amide bonds. The fourth-order valence-electron chi connectivity index (χ4n) is 1.69. The monoisotopic (exact) mass is 219 g/mol. The second kappa shape index (κ2) is 11.2. The molecule has 0 aromatic heterocycles. The van der Waals surface area contributed by atoms with Gasteiger partial charge >= 0.3 is 0 Å². The van der Waals surface area contributed by atoms with Gasteiger partial charge < -0.3 is 10.2 Å². The minimum Gasteiger partial charge on any atom is -0.422 e. The number of rotatable bonds is 7. The van der Waals surface area contributed by atoms with E-state index in [1.165, 1.54) is 45.6 Å². The van der Waals surface area contributed by atoms with Crippen LogP contribution in [-0.2, 0) is 4.43 Å². The summed E-state index contributed by atoms with van der Waals surface area (Å²) in [5, 5.41) is 0. The molecule has 0 aliphatic carbocycles. The molecule has 0 bridgehead atoms. The molecule has 0 aliphatic heterocycles. The lowest BCUT2D eigenvalue weighted by Gasteiger charge is -2.31. The van der Waals surface area contributed by atoms with E-state index in [1.807, 2.05) is 0 Å². The maximum atomic E-state index is 5.72. The molecule has 0 spiro atoms. The Hall–Kier alpha value is 0.137. The Labute approximate surface area is 93.1 Å². The minimum absolute atomic E-state index is 0.237. The summed E-state index contributed by atoms with van der Waals surface area (Å²) in [4.78, 5) is 0. The van der Waals surface area contributed by atoms with Crippen LogP contribution in [0.15, 0.2) is 0 Å². The molecule has 0 radical (unpaired) electrons. The summed E-state index contributed by atoms with van der Waals surface area (Å²) in [6, 6.07) is 0. The van der Waals surface area contributed by atoms with Crippen LogP contribution in [0.3, 0.4) is 0 Å². The van der Waals surface area contributed by atoms with Crippen LogP contribution >= 0.6 is 0 Å². The minimum atomic E-state index is 0.237. The van der Waals surface area contributed by atoms with Crippen molar-refractivity contribution in [2.24, 2.45) is 5.73 Å². The molecule has 0 unspecified atom stereocenters. The molecule has 88 valence electrons. The van der Waals surface area contributed by atoms with Crippen LogP contribution in [0.1, 0.15) is 59.3 Å². The first-order chi connectivity index (χ1) is 6.74. The van der Waals surface area contributed by atoms with Crippen LogP contribution in [0.25, 0.3) is 0 Å². The van der Waals surface area contributed by atoms with Crippen molar-refractivity contribution in [3.63, 3.8) is 0 Å². The quantitative estimate of drug-likeness (QED) is 0.525. The zero-order chi connectivity index (χ0) is 11.4. The third kappa shape index (κ3) is 6.57. The van der Waals surface area contributed by atoms with Gasteiger partial charge in [0.1, 0.15) is 10.5 Å².